The molecule has 0 heterocycles. The minimum atomic E-state index is 0.381. The summed E-state index contributed by atoms with van der Waals surface area (Å²) in [5, 5.41) is 8.77. The van der Waals surface area contributed by atoms with Crippen molar-refractivity contribution in [1.29, 1.82) is 0 Å². The van der Waals surface area contributed by atoms with E-state index in [0.29, 0.717) is 6.61 Å². The molecule has 11 heavy (non-hydrogen) atoms. The molecular formula is C10H20O. The molecule has 1 fully saturated rings. The first kappa shape index (κ1) is 9.05. The van der Waals surface area contributed by atoms with E-state index in [9.17, 15) is 0 Å². The molecule has 1 heteroatoms. The van der Waals surface area contributed by atoms with E-state index in [-0.39, 0.29) is 0 Å². The van der Waals surface area contributed by atoms with Gasteiger partial charge in [0.05, 0.1) is 0 Å². The van der Waals surface area contributed by atoms with Crippen molar-refractivity contribution < 1.29 is 5.11 Å². The van der Waals surface area contributed by atoms with Crippen LogP contribution in [0.4, 0.5) is 0 Å². The third-order valence-corrected chi connectivity index (χ3v) is 3.24. The molecule has 0 aliphatic heterocycles. The summed E-state index contributed by atoms with van der Waals surface area (Å²) in [6.45, 7) is 5.07. The summed E-state index contributed by atoms with van der Waals surface area (Å²) in [6, 6.07) is 0. The molecule has 0 aromatic rings. The summed E-state index contributed by atoms with van der Waals surface area (Å²) in [5.74, 6) is 2.59. The molecule has 1 saturated carbocycles. The van der Waals surface area contributed by atoms with Gasteiger partial charge in [0.25, 0.3) is 0 Å². The Balaban J connectivity index is 2.28. The van der Waals surface area contributed by atoms with E-state index in [2.05, 4.69) is 13.8 Å². The Morgan fingerprint density at radius 1 is 1.18 bits per heavy atom. The van der Waals surface area contributed by atoms with Crippen LogP contribution in [-0.4, -0.2) is 11.7 Å². The number of hydrogen-bond donors (Lipinski definition) is 1. The number of hydrogen-bond acceptors (Lipinski definition) is 1. The molecule has 3 atom stereocenters. The van der Waals surface area contributed by atoms with Crippen molar-refractivity contribution in [2.45, 2.75) is 39.5 Å². The minimum Gasteiger partial charge on any atom is -0.396 e. The highest BCUT2D eigenvalue weighted by molar-refractivity contribution is 4.74. The first-order chi connectivity index (χ1) is 5.24. The Bertz CT molecular complexity index is 111. The molecule has 0 aromatic heterocycles. The fourth-order valence-corrected chi connectivity index (χ4v) is 2.10. The molecular weight excluding hydrogens is 136 g/mol. The van der Waals surface area contributed by atoms with Crippen molar-refractivity contribution in [1.82, 2.24) is 0 Å². The SMILES string of the molecule is CC1CCC(CCO)CC1C. The molecule has 1 aliphatic rings. The van der Waals surface area contributed by atoms with Crippen LogP contribution in [0.15, 0.2) is 0 Å². The van der Waals surface area contributed by atoms with Crippen LogP contribution in [0.25, 0.3) is 0 Å². The second-order valence-electron chi connectivity index (χ2n) is 4.15. The molecule has 0 bridgehead atoms. The van der Waals surface area contributed by atoms with Crippen LogP contribution < -0.4 is 0 Å². The summed E-state index contributed by atoms with van der Waals surface area (Å²) < 4.78 is 0. The topological polar surface area (TPSA) is 20.2 Å². The van der Waals surface area contributed by atoms with E-state index in [1.807, 2.05) is 0 Å². The molecule has 0 amide bonds. The van der Waals surface area contributed by atoms with Gasteiger partial charge in [0.2, 0.25) is 0 Å². The van der Waals surface area contributed by atoms with Crippen LogP contribution in [0.3, 0.4) is 0 Å². The average Bonchev–Trinajstić information content (AvgIpc) is 1.98. The number of rotatable bonds is 2. The number of aliphatic hydroxyl groups excluding tert-OH is 1. The van der Waals surface area contributed by atoms with E-state index in [0.717, 1.165) is 24.2 Å². The van der Waals surface area contributed by atoms with Crippen molar-refractivity contribution in [3.05, 3.63) is 0 Å². The van der Waals surface area contributed by atoms with Gasteiger partial charge in [-0.2, -0.15) is 0 Å². The highest BCUT2D eigenvalue weighted by Gasteiger charge is 2.23. The first-order valence-corrected chi connectivity index (χ1v) is 4.85. The second kappa shape index (κ2) is 4.10. The van der Waals surface area contributed by atoms with Gasteiger partial charge < -0.3 is 5.11 Å². The van der Waals surface area contributed by atoms with Gasteiger partial charge >= 0.3 is 0 Å². The van der Waals surface area contributed by atoms with E-state index in [1.54, 1.807) is 0 Å². The lowest BCUT2D eigenvalue weighted by atomic mass is 9.75. The van der Waals surface area contributed by atoms with Crippen LogP contribution in [0.5, 0.6) is 0 Å². The van der Waals surface area contributed by atoms with Gasteiger partial charge in [0, 0.05) is 6.61 Å². The Kier molecular flexibility index (Phi) is 3.38. The van der Waals surface area contributed by atoms with Crippen LogP contribution in [0.1, 0.15) is 39.5 Å². The molecule has 66 valence electrons. The molecule has 0 saturated heterocycles. The normalized spacial score (nSPS) is 39.0. The van der Waals surface area contributed by atoms with Crippen LogP contribution >= 0.6 is 0 Å². The average molecular weight is 156 g/mol. The summed E-state index contributed by atoms with van der Waals surface area (Å²) >= 11 is 0. The van der Waals surface area contributed by atoms with Gasteiger partial charge in [-0.25, -0.2) is 0 Å². The van der Waals surface area contributed by atoms with E-state index >= 15 is 0 Å². The molecule has 3 unspecified atom stereocenters. The van der Waals surface area contributed by atoms with Crippen LogP contribution in [0.2, 0.25) is 0 Å². The molecule has 1 rings (SSSR count). The zero-order chi connectivity index (χ0) is 8.27. The highest BCUT2D eigenvalue weighted by Crippen LogP contribution is 2.34. The maximum absolute atomic E-state index is 8.77. The van der Waals surface area contributed by atoms with Gasteiger partial charge in [0.15, 0.2) is 0 Å². The molecule has 1 nitrogen and oxygen atoms in total. The third kappa shape index (κ3) is 2.48. The van der Waals surface area contributed by atoms with Gasteiger partial charge in [0.1, 0.15) is 0 Å². The van der Waals surface area contributed by atoms with Crippen molar-refractivity contribution in [3.8, 4) is 0 Å². The van der Waals surface area contributed by atoms with Crippen molar-refractivity contribution in [2.75, 3.05) is 6.61 Å². The van der Waals surface area contributed by atoms with E-state index in [4.69, 9.17) is 5.11 Å². The van der Waals surface area contributed by atoms with Crippen molar-refractivity contribution in [3.63, 3.8) is 0 Å². The fraction of sp³-hybridized carbons (Fsp3) is 1.00. The molecule has 0 aromatic carbocycles. The molecule has 0 spiro atoms. The van der Waals surface area contributed by atoms with Crippen LogP contribution in [-0.2, 0) is 0 Å². The standard InChI is InChI=1S/C10H20O/c1-8-3-4-10(5-6-11)7-9(8)2/h8-11H,3-7H2,1-2H3. The van der Waals surface area contributed by atoms with E-state index in [1.165, 1.54) is 19.3 Å². The Morgan fingerprint density at radius 2 is 1.91 bits per heavy atom. The predicted octanol–water partition coefficient (Wildman–Crippen LogP) is 2.44. The smallest absolute Gasteiger partial charge is 0.0433 e. The van der Waals surface area contributed by atoms with Gasteiger partial charge in [-0.1, -0.05) is 26.7 Å². The Labute approximate surface area is 69.8 Å². The van der Waals surface area contributed by atoms with Crippen LogP contribution in [0, 0.1) is 17.8 Å². The predicted molar refractivity (Wildman–Crippen MR) is 47.4 cm³/mol. The molecule has 1 N–H and O–H groups in total. The lowest BCUT2D eigenvalue weighted by Crippen LogP contribution is -2.21. The largest absolute Gasteiger partial charge is 0.396 e. The second-order valence-corrected chi connectivity index (χ2v) is 4.15. The third-order valence-electron chi connectivity index (χ3n) is 3.24. The van der Waals surface area contributed by atoms with Gasteiger partial charge in [-0.05, 0) is 30.6 Å². The lowest BCUT2D eigenvalue weighted by Gasteiger charge is -2.31. The lowest BCUT2D eigenvalue weighted by molar-refractivity contribution is 0.169. The van der Waals surface area contributed by atoms with Gasteiger partial charge in [-0.15, -0.1) is 0 Å². The Hall–Kier alpha value is -0.0400. The maximum Gasteiger partial charge on any atom is 0.0433 e. The van der Waals surface area contributed by atoms with Crippen molar-refractivity contribution >= 4 is 0 Å². The van der Waals surface area contributed by atoms with Gasteiger partial charge in [-0.3, -0.25) is 0 Å². The zero-order valence-electron chi connectivity index (χ0n) is 7.71. The first-order valence-electron chi connectivity index (χ1n) is 4.85. The fourth-order valence-electron chi connectivity index (χ4n) is 2.10. The summed E-state index contributed by atoms with van der Waals surface area (Å²) in [5.41, 5.74) is 0. The molecule has 1 aliphatic carbocycles. The summed E-state index contributed by atoms with van der Waals surface area (Å²) in [4.78, 5) is 0. The minimum absolute atomic E-state index is 0.381. The summed E-state index contributed by atoms with van der Waals surface area (Å²) in [7, 11) is 0. The zero-order valence-corrected chi connectivity index (χ0v) is 7.71. The maximum atomic E-state index is 8.77. The Morgan fingerprint density at radius 3 is 2.45 bits per heavy atom. The monoisotopic (exact) mass is 156 g/mol. The highest BCUT2D eigenvalue weighted by atomic mass is 16.3. The molecule has 0 radical (unpaired) electrons. The van der Waals surface area contributed by atoms with Crippen molar-refractivity contribution in [2.24, 2.45) is 17.8 Å². The summed E-state index contributed by atoms with van der Waals surface area (Å²) in [6.07, 6.45) is 5.07. The quantitative estimate of drug-likeness (QED) is 0.651. The number of aliphatic hydroxyl groups is 1. The van der Waals surface area contributed by atoms with E-state index < -0.39 is 0 Å².